The van der Waals surface area contributed by atoms with Crippen LogP contribution < -0.4 is 0 Å². The molecule has 0 bridgehead atoms. The lowest BCUT2D eigenvalue weighted by Gasteiger charge is -2.30. The van der Waals surface area contributed by atoms with Gasteiger partial charge in [0.15, 0.2) is 5.76 Å². The Kier molecular flexibility index (Phi) is 4.31. The molecule has 0 aromatic carbocycles. The zero-order chi connectivity index (χ0) is 18.1. The molecule has 0 radical (unpaired) electrons. The number of H-pyrrole nitrogens is 1. The molecule has 0 fully saturated rings. The van der Waals surface area contributed by atoms with Crippen LogP contribution in [0.15, 0.2) is 41.1 Å². The summed E-state index contributed by atoms with van der Waals surface area (Å²) in [5.74, 6) is 0.706. The third-order valence-electron chi connectivity index (χ3n) is 4.51. The molecule has 1 atom stereocenters. The predicted molar refractivity (Wildman–Crippen MR) is 92.4 cm³/mol. The van der Waals surface area contributed by atoms with Gasteiger partial charge in [-0.15, -0.1) is 0 Å². The van der Waals surface area contributed by atoms with E-state index >= 15 is 0 Å². The Morgan fingerprint density at radius 1 is 1.38 bits per heavy atom. The number of pyridine rings is 1. The average Bonchev–Trinajstić information content (AvgIpc) is 3.11. The molecular formula is C17H19N5O4. The second kappa shape index (κ2) is 6.77. The van der Waals surface area contributed by atoms with Gasteiger partial charge in [-0.1, -0.05) is 6.07 Å². The Hall–Kier alpha value is -2.91. The van der Waals surface area contributed by atoms with Crippen molar-refractivity contribution in [3.63, 3.8) is 0 Å². The number of aromatic amines is 1. The van der Waals surface area contributed by atoms with Crippen LogP contribution in [0.4, 0.5) is 5.82 Å². The van der Waals surface area contributed by atoms with Gasteiger partial charge in [-0.3, -0.25) is 4.90 Å². The highest BCUT2D eigenvalue weighted by molar-refractivity contribution is 5.52. The quantitative estimate of drug-likeness (QED) is 0.514. The van der Waals surface area contributed by atoms with Gasteiger partial charge in [-0.25, -0.2) is 9.67 Å². The maximum Gasteiger partial charge on any atom is 0.359 e. The number of rotatable bonds is 6. The number of hydrogen-bond acceptors (Lipinski definition) is 6. The molecule has 26 heavy (non-hydrogen) atoms. The molecule has 1 aliphatic heterocycles. The lowest BCUT2D eigenvalue weighted by Crippen LogP contribution is -2.39. The maximum absolute atomic E-state index is 10.5. The summed E-state index contributed by atoms with van der Waals surface area (Å²) in [5, 5.41) is 23.3. The van der Waals surface area contributed by atoms with Crippen LogP contribution in [-0.4, -0.2) is 48.9 Å². The Balaban J connectivity index is 1.35. The summed E-state index contributed by atoms with van der Waals surface area (Å²) in [6.07, 6.45) is 3.22. The first-order valence-corrected chi connectivity index (χ1v) is 8.41. The first kappa shape index (κ1) is 16.6. The van der Waals surface area contributed by atoms with Crippen molar-refractivity contribution in [1.82, 2.24) is 19.7 Å². The van der Waals surface area contributed by atoms with E-state index in [1.165, 1.54) is 10.9 Å². The molecule has 0 unspecified atom stereocenters. The second-order valence-corrected chi connectivity index (χ2v) is 6.45. The number of aromatic nitrogens is 3. The third kappa shape index (κ3) is 3.39. The molecule has 9 nitrogen and oxygen atoms in total. The van der Waals surface area contributed by atoms with Crippen molar-refractivity contribution >= 4 is 5.82 Å². The molecule has 0 saturated carbocycles. The molecule has 4 heterocycles. The highest BCUT2D eigenvalue weighted by Gasteiger charge is 2.22. The summed E-state index contributed by atoms with van der Waals surface area (Å²) in [7, 11) is 0. The molecule has 0 saturated heterocycles. The summed E-state index contributed by atoms with van der Waals surface area (Å²) in [6, 6.07) is 7.74. The molecule has 1 aliphatic rings. The van der Waals surface area contributed by atoms with Gasteiger partial charge in [-0.05, 0) is 28.7 Å². The zero-order valence-corrected chi connectivity index (χ0v) is 14.0. The Bertz CT molecular complexity index is 886. The van der Waals surface area contributed by atoms with E-state index in [0.717, 1.165) is 42.2 Å². The van der Waals surface area contributed by atoms with Crippen LogP contribution in [0.1, 0.15) is 11.3 Å². The maximum atomic E-state index is 10.5. The molecule has 0 amide bonds. The molecule has 9 heteroatoms. The summed E-state index contributed by atoms with van der Waals surface area (Å²) < 4.78 is 6.92. The van der Waals surface area contributed by atoms with E-state index < -0.39 is 11.0 Å². The number of nitrogens with zero attached hydrogens (tertiary/aromatic N) is 4. The van der Waals surface area contributed by atoms with Gasteiger partial charge in [0, 0.05) is 31.7 Å². The van der Waals surface area contributed by atoms with Crippen molar-refractivity contribution in [2.75, 3.05) is 13.1 Å². The fourth-order valence-electron chi connectivity index (χ4n) is 3.25. The molecule has 2 N–H and O–H groups in total. The SMILES string of the molecule is O=[N+]([O-])c1cn(C[C@H](O)CN2CCc3nc(-c4ccco4)ccc3C2)[nH]1. The number of nitrogens with one attached hydrogen (secondary N) is 1. The van der Waals surface area contributed by atoms with Crippen LogP contribution in [0.25, 0.3) is 11.5 Å². The molecule has 136 valence electrons. The number of aliphatic hydroxyl groups excluding tert-OH is 1. The number of β-amino-alcohol motifs (C(OH)–C–C–N with tert-alkyl or cyclic N) is 1. The van der Waals surface area contributed by atoms with E-state index in [-0.39, 0.29) is 5.82 Å². The van der Waals surface area contributed by atoms with E-state index in [0.29, 0.717) is 13.1 Å². The second-order valence-electron chi connectivity index (χ2n) is 6.45. The van der Waals surface area contributed by atoms with E-state index in [9.17, 15) is 15.2 Å². The number of fused-ring (bicyclic) bond motifs is 1. The fraction of sp³-hybridized carbons (Fsp3) is 0.353. The van der Waals surface area contributed by atoms with Gasteiger partial charge in [0.25, 0.3) is 0 Å². The van der Waals surface area contributed by atoms with Crippen molar-refractivity contribution < 1.29 is 14.4 Å². The van der Waals surface area contributed by atoms with Gasteiger partial charge < -0.3 is 19.6 Å². The lowest BCUT2D eigenvalue weighted by atomic mass is 10.0. The Morgan fingerprint density at radius 2 is 2.23 bits per heavy atom. The summed E-state index contributed by atoms with van der Waals surface area (Å²) in [4.78, 5) is 16.9. The van der Waals surface area contributed by atoms with E-state index in [1.54, 1.807) is 6.26 Å². The minimum absolute atomic E-state index is 0.0532. The fourth-order valence-corrected chi connectivity index (χ4v) is 3.25. The number of hydrogen-bond donors (Lipinski definition) is 2. The van der Waals surface area contributed by atoms with Crippen LogP contribution >= 0.6 is 0 Å². The number of furan rings is 1. The Morgan fingerprint density at radius 3 is 2.96 bits per heavy atom. The number of nitro groups is 1. The first-order valence-electron chi connectivity index (χ1n) is 8.41. The molecule has 0 spiro atoms. The van der Waals surface area contributed by atoms with Crippen LogP contribution in [0, 0.1) is 10.1 Å². The minimum atomic E-state index is -0.607. The van der Waals surface area contributed by atoms with Gasteiger partial charge in [0.2, 0.25) is 0 Å². The smallest absolute Gasteiger partial charge is 0.359 e. The topological polar surface area (TPSA) is 113 Å². The van der Waals surface area contributed by atoms with Crippen molar-refractivity contribution in [2.45, 2.75) is 25.6 Å². The van der Waals surface area contributed by atoms with Crippen molar-refractivity contribution in [3.8, 4) is 11.5 Å². The van der Waals surface area contributed by atoms with Gasteiger partial charge >= 0.3 is 5.82 Å². The Labute approximate surface area is 149 Å². The normalized spacial score (nSPS) is 15.7. The van der Waals surface area contributed by atoms with Crippen molar-refractivity contribution in [3.05, 3.63) is 58.1 Å². The number of aliphatic hydroxyl groups is 1. The van der Waals surface area contributed by atoms with Gasteiger partial charge in [-0.2, -0.15) is 5.10 Å². The monoisotopic (exact) mass is 357 g/mol. The van der Waals surface area contributed by atoms with Gasteiger partial charge in [0.1, 0.15) is 11.9 Å². The van der Waals surface area contributed by atoms with Crippen LogP contribution in [0.5, 0.6) is 0 Å². The molecule has 3 aromatic heterocycles. The van der Waals surface area contributed by atoms with E-state index in [4.69, 9.17) is 9.40 Å². The highest BCUT2D eigenvalue weighted by Crippen LogP contribution is 2.23. The molecule has 4 rings (SSSR count). The van der Waals surface area contributed by atoms with Crippen molar-refractivity contribution in [2.24, 2.45) is 0 Å². The standard InChI is InChI=1S/C17H19N5O4/c23-13(10-21-11-17(19-21)22(24)25)9-20-6-5-14-12(8-20)3-4-15(18-14)16-2-1-7-26-16/h1-4,7,11,13,19,23H,5-6,8-10H2/t13-/m1/s1. The summed E-state index contributed by atoms with van der Waals surface area (Å²) in [5.41, 5.74) is 3.04. The first-order chi connectivity index (χ1) is 12.6. The van der Waals surface area contributed by atoms with Crippen LogP contribution in [-0.2, 0) is 19.5 Å². The average molecular weight is 357 g/mol. The lowest BCUT2D eigenvalue weighted by molar-refractivity contribution is -0.393. The molecular weight excluding hydrogens is 338 g/mol. The van der Waals surface area contributed by atoms with Crippen molar-refractivity contribution in [1.29, 1.82) is 0 Å². The molecule has 0 aliphatic carbocycles. The van der Waals surface area contributed by atoms with E-state index in [2.05, 4.69) is 16.1 Å². The highest BCUT2D eigenvalue weighted by atomic mass is 16.6. The third-order valence-corrected chi connectivity index (χ3v) is 4.51. The largest absolute Gasteiger partial charge is 0.463 e. The summed E-state index contributed by atoms with van der Waals surface area (Å²) in [6.45, 7) is 2.33. The predicted octanol–water partition coefficient (Wildman–Crippen LogP) is 1.80. The van der Waals surface area contributed by atoms with E-state index in [1.807, 2.05) is 18.2 Å². The summed E-state index contributed by atoms with van der Waals surface area (Å²) >= 11 is 0. The minimum Gasteiger partial charge on any atom is -0.463 e. The van der Waals surface area contributed by atoms with Crippen LogP contribution in [0.2, 0.25) is 0 Å². The van der Waals surface area contributed by atoms with Gasteiger partial charge in [0.05, 0.1) is 18.9 Å². The zero-order valence-electron chi connectivity index (χ0n) is 14.0. The van der Waals surface area contributed by atoms with Crippen LogP contribution in [0.3, 0.4) is 0 Å². The molecule has 3 aromatic rings.